The van der Waals surface area contributed by atoms with Crippen LogP contribution in [0.3, 0.4) is 0 Å². The van der Waals surface area contributed by atoms with E-state index >= 15 is 0 Å². The van der Waals surface area contributed by atoms with E-state index in [1.54, 1.807) is 0 Å². The molecular weight excluding hydrogens is 761 g/mol. The zero-order valence-corrected chi connectivity index (χ0v) is 36.6. The van der Waals surface area contributed by atoms with Crippen LogP contribution in [-0.2, 0) is 11.4 Å². The summed E-state index contributed by atoms with van der Waals surface area (Å²) in [6.45, 7) is 10.3. The molecule has 0 spiro atoms. The van der Waals surface area contributed by atoms with E-state index in [1.165, 1.54) is 160 Å². The minimum absolute atomic E-state index is 0.671. The van der Waals surface area contributed by atoms with Gasteiger partial charge in [0.1, 0.15) is 33.9 Å². The standard InChI is InChI=1S/C48H56N4O2S3/c1-5-7-9-11-13-15-17-19-25-53-40-29-37-33(27-31(40)3)21-23-35-36-24-22-34-28-39(42-45-43(49-56-51-45)32(4)44-46(42)52-57-50-44)41(30-38(34)48(36)55-47(35)37)54-26-20-18-16-14-12-10-8-6-2/h21-24,27-30H,5-20,25-26H2,1-4H3. The van der Waals surface area contributed by atoms with Crippen molar-refractivity contribution in [1.29, 1.82) is 0 Å². The summed E-state index contributed by atoms with van der Waals surface area (Å²) < 4.78 is 35.0. The Morgan fingerprint density at radius 3 is 1.68 bits per heavy atom. The number of nitrogens with zero attached hydrogens (tertiary/aromatic N) is 4. The van der Waals surface area contributed by atoms with Crippen molar-refractivity contribution < 1.29 is 9.47 Å². The van der Waals surface area contributed by atoms with Crippen molar-refractivity contribution in [1.82, 2.24) is 8.75 Å². The second-order valence-electron chi connectivity index (χ2n) is 16.0. The highest BCUT2D eigenvalue weighted by molar-refractivity contribution is 7.58. The van der Waals surface area contributed by atoms with Gasteiger partial charge in [-0.3, -0.25) is 0 Å². The van der Waals surface area contributed by atoms with Gasteiger partial charge in [0.25, 0.3) is 0 Å². The zero-order valence-electron chi connectivity index (χ0n) is 34.2. The molecule has 1 aliphatic rings. The summed E-state index contributed by atoms with van der Waals surface area (Å²) in [5.41, 5.74) is 7.75. The Bertz CT molecular complexity index is 2600. The maximum Gasteiger partial charge on any atom is 0.127 e. The minimum Gasteiger partial charge on any atom is -0.493 e. The molecule has 7 aromatic rings. The number of aromatic nitrogens is 2. The van der Waals surface area contributed by atoms with E-state index in [9.17, 15) is 0 Å². The number of unbranched alkanes of at least 4 members (excludes halogenated alkanes) is 14. The average Bonchev–Trinajstić information content (AvgIpc) is 4.00. The van der Waals surface area contributed by atoms with Crippen molar-refractivity contribution in [3.63, 3.8) is 0 Å². The topological polar surface area (TPSA) is 69.0 Å². The lowest BCUT2D eigenvalue weighted by atomic mass is 9.94. The number of fused-ring (bicyclic) bond motifs is 9. The predicted molar refractivity (Wildman–Crippen MR) is 248 cm³/mol. The summed E-state index contributed by atoms with van der Waals surface area (Å²) in [5, 5.41) is 7.47. The molecule has 298 valence electrons. The summed E-state index contributed by atoms with van der Waals surface area (Å²) in [5.74, 6) is 1.88. The number of benzene rings is 5. The van der Waals surface area contributed by atoms with E-state index in [0.29, 0.717) is 6.61 Å². The molecule has 8 rings (SSSR count). The van der Waals surface area contributed by atoms with Crippen LogP contribution >= 0.6 is 23.1 Å². The maximum absolute atomic E-state index is 6.83. The molecular formula is C48H56N4O2S3. The van der Waals surface area contributed by atoms with Crippen molar-refractivity contribution in [2.24, 2.45) is 8.73 Å². The van der Waals surface area contributed by atoms with Gasteiger partial charge in [0.15, 0.2) is 0 Å². The van der Waals surface area contributed by atoms with E-state index in [4.69, 9.17) is 26.9 Å². The van der Waals surface area contributed by atoms with Crippen LogP contribution in [0.25, 0.3) is 63.9 Å². The number of hydrogen-bond acceptors (Lipinski definition) is 8. The highest BCUT2D eigenvalue weighted by Crippen LogP contribution is 2.52. The number of aryl methyl sites for hydroxylation is 2. The van der Waals surface area contributed by atoms with Gasteiger partial charge in [0.2, 0.25) is 0 Å². The lowest BCUT2D eigenvalue weighted by Gasteiger charge is -2.16. The van der Waals surface area contributed by atoms with Crippen LogP contribution in [0.2, 0.25) is 0 Å². The van der Waals surface area contributed by atoms with Gasteiger partial charge in [-0.05, 0) is 67.3 Å². The first kappa shape index (κ1) is 39.9. The highest BCUT2D eigenvalue weighted by Gasteiger charge is 2.26. The Balaban J connectivity index is 1.13. The molecule has 0 amide bonds. The summed E-state index contributed by atoms with van der Waals surface area (Å²) >= 11 is 4.39. The van der Waals surface area contributed by atoms with E-state index in [1.807, 2.05) is 11.3 Å². The molecule has 0 radical (unpaired) electrons. The van der Waals surface area contributed by atoms with Gasteiger partial charge < -0.3 is 9.47 Å². The molecule has 0 fully saturated rings. The Morgan fingerprint density at radius 1 is 0.526 bits per heavy atom. The monoisotopic (exact) mass is 816 g/mol. The first-order valence-electron chi connectivity index (χ1n) is 21.6. The Morgan fingerprint density at radius 2 is 1.05 bits per heavy atom. The van der Waals surface area contributed by atoms with Gasteiger partial charge >= 0.3 is 0 Å². The van der Waals surface area contributed by atoms with Crippen LogP contribution in [0.5, 0.6) is 11.5 Å². The number of rotatable bonds is 21. The summed E-state index contributed by atoms with van der Waals surface area (Å²) in [4.78, 5) is 0. The van der Waals surface area contributed by atoms with Crippen LogP contribution in [0.15, 0.2) is 57.3 Å². The van der Waals surface area contributed by atoms with Crippen LogP contribution in [0, 0.1) is 13.8 Å². The van der Waals surface area contributed by atoms with Crippen molar-refractivity contribution in [3.05, 3.63) is 59.7 Å². The third-order valence-electron chi connectivity index (χ3n) is 11.8. The van der Waals surface area contributed by atoms with Crippen LogP contribution in [0.1, 0.15) is 128 Å². The third kappa shape index (κ3) is 8.48. The molecule has 5 aromatic carbocycles. The molecule has 2 aromatic heterocycles. The lowest BCUT2D eigenvalue weighted by Crippen LogP contribution is -2.00. The molecule has 0 unspecified atom stereocenters. The van der Waals surface area contributed by atoms with E-state index in [2.05, 4.69) is 76.2 Å². The first-order chi connectivity index (χ1) is 28.1. The molecule has 0 atom stereocenters. The average molecular weight is 817 g/mol. The van der Waals surface area contributed by atoms with Gasteiger partial charge in [-0.2, -0.15) is 17.5 Å². The lowest BCUT2D eigenvalue weighted by molar-refractivity contribution is 0.303. The fraction of sp³-hybridized carbons (Fsp3) is 0.458. The highest BCUT2D eigenvalue weighted by atomic mass is 32.1. The molecule has 3 heterocycles. The van der Waals surface area contributed by atoms with Crippen molar-refractivity contribution in [2.45, 2.75) is 130 Å². The van der Waals surface area contributed by atoms with Crippen molar-refractivity contribution >= 4 is 98.5 Å². The fourth-order valence-electron chi connectivity index (χ4n) is 8.49. The SMILES string of the molecule is CCCCCCCCCCOc1cc2c(ccc3c4ccc5cc(-c6c7c(c(C)c8nsnc68)N=S=N7)c(OCCCCCCCCCC)cc5c4sc23)cc1C. The maximum atomic E-state index is 6.83. The van der Waals surface area contributed by atoms with Gasteiger partial charge in [-0.25, -0.2) is 0 Å². The fourth-order valence-corrected chi connectivity index (χ4v) is 11.1. The quantitative estimate of drug-likeness (QED) is 0.0677. The summed E-state index contributed by atoms with van der Waals surface area (Å²) in [6, 6.07) is 18.3. The Labute approximate surface area is 349 Å². The molecule has 0 N–H and O–H groups in total. The largest absolute Gasteiger partial charge is 0.493 e. The molecule has 6 nitrogen and oxygen atoms in total. The minimum atomic E-state index is 0.671. The molecule has 57 heavy (non-hydrogen) atoms. The second-order valence-corrected chi connectivity index (χ2v) is 18.0. The Hall–Kier alpha value is -3.92. The molecule has 0 saturated heterocycles. The van der Waals surface area contributed by atoms with Crippen LogP contribution < -0.4 is 9.47 Å². The molecule has 0 aliphatic carbocycles. The molecule has 1 aliphatic heterocycles. The van der Waals surface area contributed by atoms with Gasteiger partial charge in [0, 0.05) is 47.6 Å². The molecule has 9 heteroatoms. The van der Waals surface area contributed by atoms with Gasteiger partial charge in [0.05, 0.1) is 36.3 Å². The van der Waals surface area contributed by atoms with Gasteiger partial charge in [-0.15, -0.1) is 11.3 Å². The van der Waals surface area contributed by atoms with E-state index in [-0.39, 0.29) is 0 Å². The van der Waals surface area contributed by atoms with Crippen molar-refractivity contribution in [2.75, 3.05) is 13.2 Å². The number of ether oxygens (including phenoxy) is 2. The van der Waals surface area contributed by atoms with Crippen molar-refractivity contribution in [3.8, 4) is 22.6 Å². The predicted octanol–water partition coefficient (Wildman–Crippen LogP) is 16.4. The summed E-state index contributed by atoms with van der Waals surface area (Å²) in [6.07, 6.45) is 20.5. The second kappa shape index (κ2) is 18.8. The molecule has 0 bridgehead atoms. The Kier molecular flexibility index (Phi) is 13.1. The van der Waals surface area contributed by atoms with Crippen LogP contribution in [-0.4, -0.2) is 22.0 Å². The number of thiophene rings is 1. The smallest absolute Gasteiger partial charge is 0.127 e. The third-order valence-corrected chi connectivity index (χ3v) is 14.1. The number of hydrogen-bond donors (Lipinski definition) is 0. The van der Waals surface area contributed by atoms with E-state index < -0.39 is 0 Å². The molecule has 0 saturated carbocycles. The van der Waals surface area contributed by atoms with E-state index in [0.717, 1.165) is 70.0 Å². The normalized spacial score (nSPS) is 12.5. The zero-order chi connectivity index (χ0) is 39.1. The van der Waals surface area contributed by atoms with Crippen LogP contribution in [0.4, 0.5) is 11.4 Å². The first-order valence-corrected chi connectivity index (χ1v) is 23.8. The van der Waals surface area contributed by atoms with Gasteiger partial charge in [-0.1, -0.05) is 128 Å². The summed E-state index contributed by atoms with van der Waals surface area (Å²) in [7, 11) is 0.